The summed E-state index contributed by atoms with van der Waals surface area (Å²) in [6.07, 6.45) is -2.62. The Labute approximate surface area is 95.9 Å². The minimum absolute atomic E-state index is 0.432. The third-order valence-electron chi connectivity index (χ3n) is 2.78. The third kappa shape index (κ3) is 2.55. The highest BCUT2D eigenvalue weighted by atomic mass is 32.1. The number of hydrogen-bond donors (Lipinski definition) is 1. The van der Waals surface area contributed by atoms with Crippen molar-refractivity contribution in [2.45, 2.75) is 25.9 Å². The van der Waals surface area contributed by atoms with Gasteiger partial charge in [0.05, 0.1) is 5.69 Å². The topological polar surface area (TPSA) is 24.9 Å². The standard InChI is InChI=1S/C10H13F3N2S/c1-6-8(4-7-2-3-14-5-7)15-9(16-6)10(11,12)13/h7,14H,2-5H2,1H3. The van der Waals surface area contributed by atoms with E-state index in [2.05, 4.69) is 10.3 Å². The first-order valence-electron chi connectivity index (χ1n) is 5.21. The van der Waals surface area contributed by atoms with E-state index < -0.39 is 11.2 Å². The van der Waals surface area contributed by atoms with Gasteiger partial charge in [-0.05, 0) is 38.8 Å². The van der Waals surface area contributed by atoms with Crippen LogP contribution in [0.15, 0.2) is 0 Å². The van der Waals surface area contributed by atoms with Crippen LogP contribution in [-0.2, 0) is 12.6 Å². The van der Waals surface area contributed by atoms with Crippen LogP contribution >= 0.6 is 11.3 Å². The molecule has 0 aliphatic carbocycles. The van der Waals surface area contributed by atoms with Gasteiger partial charge in [0, 0.05) is 4.88 Å². The first-order valence-corrected chi connectivity index (χ1v) is 6.02. The lowest BCUT2D eigenvalue weighted by Gasteiger charge is -2.05. The molecule has 1 aliphatic heterocycles. The van der Waals surface area contributed by atoms with Crippen LogP contribution in [-0.4, -0.2) is 18.1 Å². The Morgan fingerprint density at radius 3 is 2.75 bits per heavy atom. The average Bonchev–Trinajstić information content (AvgIpc) is 2.76. The lowest BCUT2D eigenvalue weighted by Crippen LogP contribution is -2.11. The molecule has 90 valence electrons. The van der Waals surface area contributed by atoms with Gasteiger partial charge in [-0.2, -0.15) is 13.2 Å². The summed E-state index contributed by atoms with van der Waals surface area (Å²) in [6, 6.07) is 0. The summed E-state index contributed by atoms with van der Waals surface area (Å²) in [5.41, 5.74) is 0.617. The number of aryl methyl sites for hydroxylation is 1. The molecule has 6 heteroatoms. The first-order chi connectivity index (χ1) is 7.47. The molecule has 0 bridgehead atoms. The molecule has 1 N–H and O–H groups in total. The van der Waals surface area contributed by atoms with Crippen LogP contribution in [0, 0.1) is 12.8 Å². The molecule has 1 unspecified atom stereocenters. The zero-order valence-electron chi connectivity index (χ0n) is 8.90. The fourth-order valence-electron chi connectivity index (χ4n) is 1.90. The van der Waals surface area contributed by atoms with E-state index in [1.165, 1.54) is 0 Å². The molecular weight excluding hydrogens is 237 g/mol. The molecule has 1 aliphatic rings. The first kappa shape index (κ1) is 11.9. The molecular formula is C10H13F3N2S. The summed E-state index contributed by atoms with van der Waals surface area (Å²) in [6.45, 7) is 3.56. The van der Waals surface area contributed by atoms with Crippen molar-refractivity contribution in [1.29, 1.82) is 0 Å². The van der Waals surface area contributed by atoms with Gasteiger partial charge in [0.1, 0.15) is 0 Å². The molecule has 2 heterocycles. The van der Waals surface area contributed by atoms with Crippen molar-refractivity contribution in [2.24, 2.45) is 5.92 Å². The van der Waals surface area contributed by atoms with Gasteiger partial charge in [-0.1, -0.05) is 0 Å². The summed E-state index contributed by atoms with van der Waals surface area (Å²) >= 11 is 0.748. The van der Waals surface area contributed by atoms with Crippen molar-refractivity contribution < 1.29 is 13.2 Å². The predicted octanol–water partition coefficient (Wildman–Crippen LogP) is 2.62. The highest BCUT2D eigenvalue weighted by Gasteiger charge is 2.35. The van der Waals surface area contributed by atoms with Crippen molar-refractivity contribution in [3.63, 3.8) is 0 Å². The van der Waals surface area contributed by atoms with E-state index >= 15 is 0 Å². The van der Waals surface area contributed by atoms with E-state index in [1.54, 1.807) is 6.92 Å². The molecule has 1 fully saturated rings. The van der Waals surface area contributed by atoms with Crippen LogP contribution in [0.4, 0.5) is 13.2 Å². The average molecular weight is 250 g/mol. The Hall–Kier alpha value is -0.620. The molecule has 0 radical (unpaired) electrons. The summed E-state index contributed by atoms with van der Waals surface area (Å²) in [5, 5.41) is 2.49. The quantitative estimate of drug-likeness (QED) is 0.872. The van der Waals surface area contributed by atoms with Gasteiger partial charge in [-0.25, -0.2) is 4.98 Å². The number of thiazole rings is 1. The van der Waals surface area contributed by atoms with Gasteiger partial charge in [-0.15, -0.1) is 11.3 Å². The van der Waals surface area contributed by atoms with Gasteiger partial charge >= 0.3 is 6.18 Å². The lowest BCUT2D eigenvalue weighted by atomic mass is 10.0. The SMILES string of the molecule is Cc1sc(C(F)(F)F)nc1CC1CCNC1. The number of nitrogens with one attached hydrogen (secondary N) is 1. The number of hydrogen-bond acceptors (Lipinski definition) is 3. The summed E-state index contributed by atoms with van der Waals surface area (Å²) in [7, 11) is 0. The zero-order valence-corrected chi connectivity index (χ0v) is 9.71. The van der Waals surface area contributed by atoms with Crippen molar-refractivity contribution in [2.75, 3.05) is 13.1 Å². The molecule has 16 heavy (non-hydrogen) atoms. The molecule has 2 nitrogen and oxygen atoms in total. The van der Waals surface area contributed by atoms with Crippen molar-refractivity contribution in [1.82, 2.24) is 10.3 Å². The molecule has 1 aromatic heterocycles. The van der Waals surface area contributed by atoms with E-state index in [9.17, 15) is 13.2 Å². The number of halogens is 3. The Morgan fingerprint density at radius 2 is 2.25 bits per heavy atom. The summed E-state index contributed by atoms with van der Waals surface area (Å²) < 4.78 is 37.3. The molecule has 2 rings (SSSR count). The Balaban J connectivity index is 2.12. The second-order valence-corrected chi connectivity index (χ2v) is 5.29. The third-order valence-corrected chi connectivity index (χ3v) is 3.84. The van der Waals surface area contributed by atoms with Gasteiger partial charge in [0.2, 0.25) is 0 Å². The molecule has 0 aromatic carbocycles. The summed E-state index contributed by atoms with van der Waals surface area (Å²) in [5.74, 6) is 0.432. The monoisotopic (exact) mass is 250 g/mol. The van der Waals surface area contributed by atoms with E-state index in [4.69, 9.17) is 0 Å². The van der Waals surface area contributed by atoms with Crippen molar-refractivity contribution in [3.8, 4) is 0 Å². The Morgan fingerprint density at radius 1 is 1.50 bits per heavy atom. The van der Waals surface area contributed by atoms with Gasteiger partial charge in [0.25, 0.3) is 0 Å². The van der Waals surface area contributed by atoms with Gasteiger partial charge < -0.3 is 5.32 Å². The molecule has 1 aromatic rings. The second kappa shape index (κ2) is 4.33. The lowest BCUT2D eigenvalue weighted by molar-refractivity contribution is -0.137. The van der Waals surface area contributed by atoms with E-state index in [-0.39, 0.29) is 0 Å². The maximum Gasteiger partial charge on any atom is 0.443 e. The summed E-state index contributed by atoms with van der Waals surface area (Å²) in [4.78, 5) is 4.40. The minimum Gasteiger partial charge on any atom is -0.316 e. The van der Waals surface area contributed by atoms with Crippen LogP contribution in [0.2, 0.25) is 0 Å². The zero-order chi connectivity index (χ0) is 11.8. The molecule has 1 atom stereocenters. The van der Waals surface area contributed by atoms with Crippen LogP contribution in [0.3, 0.4) is 0 Å². The second-order valence-electron chi connectivity index (χ2n) is 4.08. The maximum atomic E-state index is 12.4. The van der Waals surface area contributed by atoms with Crippen LogP contribution in [0.25, 0.3) is 0 Å². The predicted molar refractivity (Wildman–Crippen MR) is 56.5 cm³/mol. The maximum absolute atomic E-state index is 12.4. The van der Waals surface area contributed by atoms with Crippen LogP contribution < -0.4 is 5.32 Å². The van der Waals surface area contributed by atoms with Crippen molar-refractivity contribution in [3.05, 3.63) is 15.6 Å². The highest BCUT2D eigenvalue weighted by molar-refractivity contribution is 7.11. The molecule has 1 saturated heterocycles. The fourth-order valence-corrected chi connectivity index (χ4v) is 2.71. The number of aromatic nitrogens is 1. The Bertz CT molecular complexity index is 367. The van der Waals surface area contributed by atoms with Crippen LogP contribution in [0.1, 0.15) is 22.0 Å². The molecule has 0 saturated carbocycles. The number of rotatable bonds is 2. The molecule has 0 spiro atoms. The fraction of sp³-hybridized carbons (Fsp3) is 0.700. The number of alkyl halides is 3. The smallest absolute Gasteiger partial charge is 0.316 e. The highest BCUT2D eigenvalue weighted by Crippen LogP contribution is 2.34. The largest absolute Gasteiger partial charge is 0.443 e. The molecule has 0 amide bonds. The van der Waals surface area contributed by atoms with Gasteiger partial charge in [-0.3, -0.25) is 0 Å². The van der Waals surface area contributed by atoms with E-state index in [0.29, 0.717) is 22.9 Å². The van der Waals surface area contributed by atoms with Crippen molar-refractivity contribution >= 4 is 11.3 Å². The van der Waals surface area contributed by atoms with Crippen LogP contribution in [0.5, 0.6) is 0 Å². The normalized spacial score (nSPS) is 21.6. The van der Waals surface area contributed by atoms with Gasteiger partial charge in [0.15, 0.2) is 5.01 Å². The van der Waals surface area contributed by atoms with E-state index in [1.807, 2.05) is 0 Å². The van der Waals surface area contributed by atoms with E-state index in [0.717, 1.165) is 30.8 Å². The number of nitrogens with zero attached hydrogens (tertiary/aromatic N) is 1. The Kier molecular flexibility index (Phi) is 3.21. The minimum atomic E-state index is -4.30.